The summed E-state index contributed by atoms with van der Waals surface area (Å²) in [5.74, 6) is 0.609. The van der Waals surface area contributed by atoms with Crippen molar-refractivity contribution in [2.75, 3.05) is 18.8 Å². The van der Waals surface area contributed by atoms with Crippen molar-refractivity contribution in [2.24, 2.45) is 5.92 Å². The summed E-state index contributed by atoms with van der Waals surface area (Å²) < 4.78 is 4.97. The van der Waals surface area contributed by atoms with E-state index in [0.29, 0.717) is 5.92 Å². The van der Waals surface area contributed by atoms with Crippen molar-refractivity contribution in [3.05, 3.63) is 0 Å². The Kier molecular flexibility index (Phi) is 7.76. The van der Waals surface area contributed by atoms with Crippen LogP contribution in [0, 0.1) is 5.92 Å². The maximum atomic E-state index is 12.1. The summed E-state index contributed by atoms with van der Waals surface area (Å²) in [6.07, 6.45) is 8.08. The highest BCUT2D eigenvalue weighted by Gasteiger charge is 2.43. The summed E-state index contributed by atoms with van der Waals surface area (Å²) >= 11 is 4.88. The molecule has 1 amide bonds. The number of hydrogen-bond donors (Lipinski definition) is 2. The van der Waals surface area contributed by atoms with Crippen LogP contribution in [-0.2, 0) is 4.74 Å². The molecule has 2 atom stereocenters. The summed E-state index contributed by atoms with van der Waals surface area (Å²) in [6, 6.07) is -0.283. The lowest BCUT2D eigenvalue weighted by molar-refractivity contribution is 0.0419. The van der Waals surface area contributed by atoms with E-state index in [2.05, 4.69) is 5.32 Å². The Morgan fingerprint density at radius 3 is 2.09 bits per heavy atom. The number of rotatable bonds is 8. The van der Waals surface area contributed by atoms with Crippen LogP contribution in [0.1, 0.15) is 40.0 Å². The van der Waals surface area contributed by atoms with Crippen molar-refractivity contribution < 1.29 is 14.6 Å². The molecule has 1 unspecified atom stereocenters. The van der Waals surface area contributed by atoms with E-state index >= 15 is 0 Å². The number of amides is 1. The third-order valence-electron chi connectivity index (χ3n) is 3.58. The van der Waals surface area contributed by atoms with E-state index in [0.717, 1.165) is 6.42 Å². The minimum absolute atomic E-state index is 0.283. The van der Waals surface area contributed by atoms with Gasteiger partial charge in [-0.2, -0.15) is 0 Å². The number of nitrogens with one attached hydrogen (secondary N) is 1. The maximum absolute atomic E-state index is 12.1. The highest BCUT2D eigenvalue weighted by Crippen LogP contribution is 2.48. The van der Waals surface area contributed by atoms with E-state index in [1.165, 1.54) is 12.8 Å². The Bertz CT molecular complexity index is 357. The fourth-order valence-corrected chi connectivity index (χ4v) is 5.51. The predicted octanol–water partition coefficient (Wildman–Crippen LogP) is 3.78. The molecule has 0 bridgehead atoms. The Hall–Kier alpha value is 0.280. The van der Waals surface area contributed by atoms with Crippen LogP contribution in [-0.4, -0.2) is 51.1 Å². The summed E-state index contributed by atoms with van der Waals surface area (Å²) in [5.41, 5.74) is -0.533. The van der Waals surface area contributed by atoms with Gasteiger partial charge in [-0.1, -0.05) is 12.8 Å². The van der Waals surface area contributed by atoms with Crippen molar-refractivity contribution in [3.8, 4) is 0 Å². The van der Waals surface area contributed by atoms with Crippen LogP contribution < -0.4 is 5.32 Å². The number of carbonyl (C=O) groups excluding carboxylic acids is 1. The molecule has 22 heavy (non-hydrogen) atoms. The summed E-state index contributed by atoms with van der Waals surface area (Å²) in [4.78, 5) is 12.1. The molecule has 7 heteroatoms. The lowest BCUT2D eigenvalue weighted by Crippen LogP contribution is -2.52. The van der Waals surface area contributed by atoms with Gasteiger partial charge >= 0.3 is 6.09 Å². The minimum Gasteiger partial charge on any atom is -0.444 e. The molecule has 1 aliphatic rings. The molecule has 1 aliphatic carbocycles. The lowest BCUT2D eigenvalue weighted by atomic mass is 10.1. The van der Waals surface area contributed by atoms with Gasteiger partial charge in [-0.05, 0) is 51.9 Å². The molecule has 4 nitrogen and oxygen atoms in total. The van der Waals surface area contributed by atoms with Gasteiger partial charge < -0.3 is 15.2 Å². The van der Waals surface area contributed by atoms with E-state index in [-0.39, 0.29) is 9.45 Å². The standard InChI is InChI=1S/C15H29NO3S3/c1-14(2,3)19-13(18)16-11(9-10-7-8-10)12(17)15(20-4,21-5)22-6/h10-12,17H,7-9H2,1-6H3,(H,16,18)/t11-,12?/m0/s1. The highest BCUT2D eigenvalue weighted by molar-refractivity contribution is 8.33. The second-order valence-corrected chi connectivity index (χ2v) is 10.5. The number of thioether (sulfide) groups is 3. The molecule has 0 aromatic rings. The molecule has 130 valence electrons. The normalized spacial score (nSPS) is 18.7. The van der Waals surface area contributed by atoms with Crippen LogP contribution in [0.5, 0.6) is 0 Å². The van der Waals surface area contributed by atoms with Crippen LogP contribution in [0.4, 0.5) is 4.79 Å². The van der Waals surface area contributed by atoms with Crippen molar-refractivity contribution >= 4 is 41.4 Å². The van der Waals surface area contributed by atoms with E-state index < -0.39 is 17.8 Å². The predicted molar refractivity (Wildman–Crippen MR) is 99.8 cm³/mol. The molecule has 0 aromatic carbocycles. The summed E-state index contributed by atoms with van der Waals surface area (Å²) in [6.45, 7) is 5.53. The minimum atomic E-state index is -0.638. The largest absolute Gasteiger partial charge is 0.444 e. The number of carbonyl (C=O) groups is 1. The zero-order valence-corrected chi connectivity index (χ0v) is 16.8. The number of aliphatic hydroxyl groups is 1. The third-order valence-corrected chi connectivity index (χ3v) is 9.01. The molecular formula is C15H29NO3S3. The molecular weight excluding hydrogens is 338 g/mol. The van der Waals surface area contributed by atoms with E-state index in [9.17, 15) is 9.90 Å². The average molecular weight is 368 g/mol. The highest BCUT2D eigenvalue weighted by atomic mass is 32.3. The average Bonchev–Trinajstić information content (AvgIpc) is 3.22. The lowest BCUT2D eigenvalue weighted by Gasteiger charge is -2.38. The van der Waals surface area contributed by atoms with Crippen LogP contribution >= 0.6 is 35.3 Å². The number of aliphatic hydroxyl groups excluding tert-OH is 1. The van der Waals surface area contributed by atoms with Gasteiger partial charge in [-0.15, -0.1) is 35.3 Å². The topological polar surface area (TPSA) is 58.6 Å². The van der Waals surface area contributed by atoms with Crippen molar-refractivity contribution in [1.29, 1.82) is 0 Å². The molecule has 0 radical (unpaired) electrons. The maximum Gasteiger partial charge on any atom is 0.407 e. The SMILES string of the molecule is CSC(SC)(SC)C(O)[C@H](CC1CC1)NC(=O)OC(C)(C)C. The summed E-state index contributed by atoms with van der Waals surface area (Å²) in [5, 5.41) is 13.8. The Balaban J connectivity index is 2.80. The second-order valence-electron chi connectivity index (χ2n) is 6.59. The van der Waals surface area contributed by atoms with Crippen LogP contribution in [0.2, 0.25) is 0 Å². The smallest absolute Gasteiger partial charge is 0.407 e. The van der Waals surface area contributed by atoms with Gasteiger partial charge in [0.2, 0.25) is 0 Å². The van der Waals surface area contributed by atoms with Gasteiger partial charge in [0, 0.05) is 0 Å². The molecule has 1 saturated carbocycles. The van der Waals surface area contributed by atoms with Crippen LogP contribution in [0.3, 0.4) is 0 Å². The zero-order chi connectivity index (χ0) is 17.0. The molecule has 0 spiro atoms. The van der Waals surface area contributed by atoms with E-state index in [1.54, 1.807) is 35.3 Å². The van der Waals surface area contributed by atoms with Crippen molar-refractivity contribution in [3.63, 3.8) is 0 Å². The Morgan fingerprint density at radius 2 is 1.73 bits per heavy atom. The van der Waals surface area contributed by atoms with Crippen molar-refractivity contribution in [2.45, 2.75) is 61.2 Å². The molecule has 0 heterocycles. The van der Waals surface area contributed by atoms with Gasteiger partial charge in [-0.3, -0.25) is 0 Å². The third kappa shape index (κ3) is 6.06. The molecule has 0 aliphatic heterocycles. The van der Waals surface area contributed by atoms with Gasteiger partial charge in [0.15, 0.2) is 0 Å². The molecule has 2 N–H and O–H groups in total. The number of alkyl carbamates (subject to hydrolysis) is 1. The van der Waals surface area contributed by atoms with Gasteiger partial charge in [0.1, 0.15) is 15.1 Å². The van der Waals surface area contributed by atoms with Gasteiger partial charge in [0.25, 0.3) is 0 Å². The molecule has 1 fully saturated rings. The van der Waals surface area contributed by atoms with Crippen LogP contribution in [0.15, 0.2) is 0 Å². The Labute approximate surface area is 147 Å². The second kappa shape index (κ2) is 8.40. The summed E-state index contributed by atoms with van der Waals surface area (Å²) in [7, 11) is 0. The van der Waals surface area contributed by atoms with Gasteiger partial charge in [-0.25, -0.2) is 4.79 Å². The monoisotopic (exact) mass is 367 g/mol. The van der Waals surface area contributed by atoms with E-state index in [4.69, 9.17) is 4.74 Å². The fourth-order valence-electron chi connectivity index (χ4n) is 2.30. The van der Waals surface area contributed by atoms with Gasteiger partial charge in [0.05, 0.1) is 6.04 Å². The molecule has 1 rings (SSSR count). The molecule has 0 aromatic heterocycles. The van der Waals surface area contributed by atoms with E-state index in [1.807, 2.05) is 39.5 Å². The number of hydrogen-bond acceptors (Lipinski definition) is 6. The number of ether oxygens (including phenoxy) is 1. The fraction of sp³-hybridized carbons (Fsp3) is 0.933. The Morgan fingerprint density at radius 1 is 1.23 bits per heavy atom. The van der Waals surface area contributed by atoms with Crippen LogP contribution in [0.25, 0.3) is 0 Å². The first-order valence-electron chi connectivity index (χ1n) is 7.50. The first-order valence-corrected chi connectivity index (χ1v) is 11.2. The first-order chi connectivity index (χ1) is 10.2. The zero-order valence-electron chi connectivity index (χ0n) is 14.3. The first kappa shape index (κ1) is 20.3. The van der Waals surface area contributed by atoms with Crippen molar-refractivity contribution in [1.82, 2.24) is 5.32 Å². The quantitative estimate of drug-likeness (QED) is 0.637. The molecule has 0 saturated heterocycles.